The fraction of sp³-hybridized carbons (Fsp3) is 0. The number of nitrogens with zero attached hydrogens (tertiary/aromatic N) is 1. The molecule has 0 radical (unpaired) electrons. The second-order valence-electron chi connectivity index (χ2n) is 4.07. The van der Waals surface area contributed by atoms with Crippen molar-refractivity contribution < 1.29 is 8.42 Å². The highest BCUT2D eigenvalue weighted by molar-refractivity contribution is 7.95. The van der Waals surface area contributed by atoms with Crippen molar-refractivity contribution in [1.29, 1.82) is 5.26 Å². The molecule has 0 aromatic heterocycles. The predicted molar refractivity (Wildman–Crippen MR) is 83.7 cm³/mol. The minimum Gasteiger partial charge on any atom is -0.218 e. The van der Waals surface area contributed by atoms with Gasteiger partial charge in [0.05, 0.1) is 4.90 Å². The van der Waals surface area contributed by atoms with E-state index in [2.05, 4.69) is 0 Å². The van der Waals surface area contributed by atoms with Gasteiger partial charge in [-0.3, -0.25) is 0 Å². The van der Waals surface area contributed by atoms with Crippen LogP contribution in [-0.4, -0.2) is 8.42 Å². The number of hydrogen-bond donors (Lipinski definition) is 0. The minimum absolute atomic E-state index is 0.0426. The summed E-state index contributed by atoms with van der Waals surface area (Å²) in [7, 11) is -3.90. The van der Waals surface area contributed by atoms with Gasteiger partial charge in [0.25, 0.3) is 0 Å². The molecule has 3 nitrogen and oxygen atoms in total. The van der Waals surface area contributed by atoms with Crippen molar-refractivity contribution in [3.63, 3.8) is 0 Å². The Morgan fingerprint density at radius 1 is 1.00 bits per heavy atom. The Labute approximate surface area is 133 Å². The number of halogens is 2. The lowest BCUT2D eigenvalue weighted by molar-refractivity contribution is 0.603. The molecule has 0 fully saturated rings. The van der Waals surface area contributed by atoms with Crippen molar-refractivity contribution in [2.45, 2.75) is 4.90 Å². The van der Waals surface area contributed by atoms with Crippen molar-refractivity contribution >= 4 is 39.1 Å². The zero-order valence-corrected chi connectivity index (χ0v) is 13.0. The van der Waals surface area contributed by atoms with Crippen LogP contribution in [0.4, 0.5) is 0 Å². The molecule has 0 aliphatic heterocycles. The summed E-state index contributed by atoms with van der Waals surface area (Å²) >= 11 is 12.0. The van der Waals surface area contributed by atoms with Crippen LogP contribution in [0.1, 0.15) is 5.56 Å². The van der Waals surface area contributed by atoms with Crippen LogP contribution in [0.3, 0.4) is 0 Å². The molecule has 6 heteroatoms. The lowest BCUT2D eigenvalue weighted by atomic mass is 10.2. The largest absolute Gasteiger partial charge is 0.218 e. The molecule has 0 N–H and O–H groups in total. The highest BCUT2D eigenvalue weighted by atomic mass is 35.5. The number of sulfone groups is 1. The van der Waals surface area contributed by atoms with Crippen LogP contribution in [0.15, 0.2) is 58.3 Å². The summed E-state index contributed by atoms with van der Waals surface area (Å²) in [4.78, 5) is -0.371. The third-order valence-electron chi connectivity index (χ3n) is 2.73. The van der Waals surface area contributed by atoms with Crippen LogP contribution >= 0.6 is 23.2 Å². The first-order valence-corrected chi connectivity index (χ1v) is 8.06. The highest BCUT2D eigenvalue weighted by Crippen LogP contribution is 2.29. The van der Waals surface area contributed by atoms with Crippen molar-refractivity contribution in [3.8, 4) is 6.07 Å². The standard InChI is InChI=1S/C15H9Cl2NO2S/c16-14-7-4-8-15(17)13(14)9-12(10-18)21(19,20)11-5-2-1-3-6-11/h1-9H/b12-9-. The summed E-state index contributed by atoms with van der Waals surface area (Å²) in [5, 5.41) is 9.74. The Morgan fingerprint density at radius 3 is 2.10 bits per heavy atom. The van der Waals surface area contributed by atoms with Gasteiger partial charge in [-0.05, 0) is 30.3 Å². The minimum atomic E-state index is -3.90. The summed E-state index contributed by atoms with van der Waals surface area (Å²) in [6, 6.07) is 14.2. The first-order chi connectivity index (χ1) is 9.96. The van der Waals surface area contributed by atoms with Crippen molar-refractivity contribution in [2.24, 2.45) is 0 Å². The number of hydrogen-bond acceptors (Lipinski definition) is 3. The molecule has 0 spiro atoms. The van der Waals surface area contributed by atoms with Gasteiger partial charge >= 0.3 is 0 Å². The van der Waals surface area contributed by atoms with Gasteiger partial charge in [0, 0.05) is 15.6 Å². The molecule has 2 aromatic carbocycles. The molecule has 0 unspecified atom stereocenters. The van der Waals surface area contributed by atoms with E-state index in [0.717, 1.165) is 0 Å². The first-order valence-electron chi connectivity index (χ1n) is 5.83. The summed E-state index contributed by atoms with van der Waals surface area (Å²) in [6.07, 6.45) is 1.19. The zero-order chi connectivity index (χ0) is 15.5. The van der Waals surface area contributed by atoms with Gasteiger partial charge in [-0.1, -0.05) is 47.5 Å². The second-order valence-corrected chi connectivity index (χ2v) is 6.80. The maximum Gasteiger partial charge on any atom is 0.216 e. The molecule has 2 rings (SSSR count). The Hall–Kier alpha value is -1.80. The Kier molecular flexibility index (Phi) is 4.69. The fourth-order valence-electron chi connectivity index (χ4n) is 1.68. The van der Waals surface area contributed by atoms with E-state index in [4.69, 9.17) is 23.2 Å². The van der Waals surface area contributed by atoms with Gasteiger partial charge in [0.1, 0.15) is 11.0 Å². The molecular weight excluding hydrogens is 329 g/mol. The number of rotatable bonds is 3. The van der Waals surface area contributed by atoms with Gasteiger partial charge in [-0.25, -0.2) is 8.42 Å². The molecule has 0 saturated carbocycles. The lowest BCUT2D eigenvalue weighted by Crippen LogP contribution is -2.03. The van der Waals surface area contributed by atoms with E-state index in [-0.39, 0.29) is 14.9 Å². The summed E-state index contributed by atoms with van der Waals surface area (Å²) in [5.41, 5.74) is 0.303. The third-order valence-corrected chi connectivity index (χ3v) is 5.07. The molecule has 0 atom stereocenters. The van der Waals surface area contributed by atoms with E-state index in [1.165, 1.54) is 18.2 Å². The van der Waals surface area contributed by atoms with Gasteiger partial charge in [0.2, 0.25) is 9.84 Å². The van der Waals surface area contributed by atoms with E-state index in [9.17, 15) is 13.7 Å². The van der Waals surface area contributed by atoms with Gasteiger partial charge in [-0.2, -0.15) is 5.26 Å². The van der Waals surface area contributed by atoms with E-state index >= 15 is 0 Å². The van der Waals surface area contributed by atoms with Crippen LogP contribution in [0.2, 0.25) is 10.0 Å². The summed E-state index contributed by atoms with van der Waals surface area (Å²) in [5.74, 6) is 0. The van der Waals surface area contributed by atoms with E-state index in [0.29, 0.717) is 5.56 Å². The smallest absolute Gasteiger partial charge is 0.216 e. The van der Waals surface area contributed by atoms with Gasteiger partial charge in [-0.15, -0.1) is 0 Å². The molecule has 0 saturated heterocycles. The summed E-state index contributed by atoms with van der Waals surface area (Å²) < 4.78 is 24.8. The molecule has 0 aliphatic carbocycles. The van der Waals surface area contributed by atoms with E-state index in [1.807, 2.05) is 0 Å². The van der Waals surface area contributed by atoms with E-state index in [1.54, 1.807) is 42.5 Å². The predicted octanol–water partition coefficient (Wildman–Crippen LogP) is 4.33. The molecule has 0 bridgehead atoms. The molecule has 0 heterocycles. The third kappa shape index (κ3) is 3.27. The molecule has 0 amide bonds. The Morgan fingerprint density at radius 2 is 1.57 bits per heavy atom. The molecule has 106 valence electrons. The van der Waals surface area contributed by atoms with Crippen molar-refractivity contribution in [1.82, 2.24) is 0 Å². The quantitative estimate of drug-likeness (QED) is 0.783. The second kappa shape index (κ2) is 6.31. The monoisotopic (exact) mass is 337 g/mol. The lowest BCUT2D eigenvalue weighted by Gasteiger charge is -2.05. The van der Waals surface area contributed by atoms with Crippen molar-refractivity contribution in [2.75, 3.05) is 0 Å². The Balaban J connectivity index is 2.61. The van der Waals surface area contributed by atoms with Crippen LogP contribution in [0.5, 0.6) is 0 Å². The number of benzene rings is 2. The molecular formula is C15H9Cl2NO2S. The average Bonchev–Trinajstić information content (AvgIpc) is 2.47. The topological polar surface area (TPSA) is 57.9 Å². The zero-order valence-electron chi connectivity index (χ0n) is 10.6. The first kappa shape index (κ1) is 15.6. The molecule has 21 heavy (non-hydrogen) atoms. The molecule has 2 aromatic rings. The maximum absolute atomic E-state index is 12.4. The highest BCUT2D eigenvalue weighted by Gasteiger charge is 2.21. The van der Waals surface area contributed by atoms with Gasteiger partial charge in [0.15, 0.2) is 0 Å². The maximum atomic E-state index is 12.4. The Bertz CT molecular complexity index is 817. The fourth-order valence-corrected chi connectivity index (χ4v) is 3.35. The van der Waals surface area contributed by atoms with Crippen LogP contribution < -0.4 is 0 Å². The van der Waals surface area contributed by atoms with E-state index < -0.39 is 14.7 Å². The van der Waals surface area contributed by atoms with Crippen LogP contribution in [0.25, 0.3) is 6.08 Å². The summed E-state index contributed by atoms with van der Waals surface area (Å²) in [6.45, 7) is 0. The number of nitriles is 1. The molecule has 0 aliphatic rings. The number of allylic oxidation sites excluding steroid dienone is 1. The SMILES string of the molecule is N#C/C(=C/c1c(Cl)cccc1Cl)S(=O)(=O)c1ccccc1. The van der Waals surface area contributed by atoms with Crippen LogP contribution in [0, 0.1) is 11.3 Å². The van der Waals surface area contributed by atoms with Crippen molar-refractivity contribution in [3.05, 3.63) is 69.0 Å². The van der Waals surface area contributed by atoms with Crippen LogP contribution in [-0.2, 0) is 9.84 Å². The normalized spacial score (nSPS) is 12.0. The van der Waals surface area contributed by atoms with Gasteiger partial charge < -0.3 is 0 Å². The average molecular weight is 338 g/mol.